The van der Waals surface area contributed by atoms with E-state index in [9.17, 15) is 31.1 Å². The minimum atomic E-state index is -5.08. The summed E-state index contributed by atoms with van der Waals surface area (Å²) >= 11 is 0. The predicted octanol–water partition coefficient (Wildman–Crippen LogP) is 3.10. The molecule has 3 N–H and O–H groups in total. The van der Waals surface area contributed by atoms with E-state index in [-0.39, 0.29) is 11.3 Å². The number of pyridine rings is 1. The number of furan rings is 1. The second kappa shape index (κ2) is 13.4. The van der Waals surface area contributed by atoms with E-state index in [2.05, 4.69) is 15.2 Å². The number of carbonyl (C=O) groups excluding carboxylic acids is 1. The van der Waals surface area contributed by atoms with Crippen LogP contribution in [0.1, 0.15) is 17.5 Å². The van der Waals surface area contributed by atoms with Crippen molar-refractivity contribution in [2.24, 2.45) is 11.3 Å². The number of likely N-dealkylation sites (tertiary alicyclic amines) is 1. The predicted molar refractivity (Wildman–Crippen MR) is 119 cm³/mol. The number of carboxylic acids is 2. The van der Waals surface area contributed by atoms with Gasteiger partial charge < -0.3 is 24.7 Å². The topological polar surface area (TPSA) is 142 Å². The lowest BCUT2D eigenvalue weighted by atomic mass is 9.78. The number of carbonyl (C=O) groups is 3. The molecule has 2 atom stereocenters. The van der Waals surface area contributed by atoms with Crippen LogP contribution in [0.3, 0.4) is 0 Å². The maximum absolute atomic E-state index is 12.5. The molecule has 2 aromatic heterocycles. The molecular formula is C23H25F6N3O7. The van der Waals surface area contributed by atoms with Crippen LogP contribution in [-0.2, 0) is 32.2 Å². The molecule has 2 saturated heterocycles. The van der Waals surface area contributed by atoms with Gasteiger partial charge in [-0.15, -0.1) is 0 Å². The summed E-state index contributed by atoms with van der Waals surface area (Å²) < 4.78 is 74.4. The van der Waals surface area contributed by atoms with Gasteiger partial charge in [-0.2, -0.15) is 26.3 Å². The van der Waals surface area contributed by atoms with Gasteiger partial charge in [0.15, 0.2) is 0 Å². The third kappa shape index (κ3) is 10.2. The molecule has 2 aliphatic rings. The molecule has 0 spiro atoms. The van der Waals surface area contributed by atoms with Gasteiger partial charge in [0.1, 0.15) is 0 Å². The van der Waals surface area contributed by atoms with E-state index in [0.29, 0.717) is 25.5 Å². The lowest BCUT2D eigenvalue weighted by molar-refractivity contribution is -0.193. The number of hydrogen-bond acceptors (Lipinski definition) is 7. The number of rotatable bonds is 6. The normalized spacial score (nSPS) is 20.6. The molecule has 0 aromatic carbocycles. The number of nitrogens with zero attached hydrogens (tertiary/aromatic N) is 2. The number of ether oxygens (including phenoxy) is 1. The largest absolute Gasteiger partial charge is 0.490 e. The third-order valence-corrected chi connectivity index (χ3v) is 5.79. The molecule has 2 fully saturated rings. The molecule has 10 nitrogen and oxygen atoms in total. The fraction of sp³-hybridized carbons (Fsp3) is 0.478. The first-order valence-corrected chi connectivity index (χ1v) is 11.2. The zero-order valence-electron chi connectivity index (χ0n) is 20.2. The average molecular weight is 569 g/mol. The van der Waals surface area contributed by atoms with E-state index in [1.807, 2.05) is 18.2 Å². The van der Waals surface area contributed by atoms with Crippen molar-refractivity contribution in [1.29, 1.82) is 0 Å². The molecule has 2 aromatic rings. The van der Waals surface area contributed by atoms with Crippen LogP contribution < -0.4 is 5.32 Å². The van der Waals surface area contributed by atoms with Gasteiger partial charge in [0.25, 0.3) is 0 Å². The first-order valence-electron chi connectivity index (χ1n) is 11.2. The Balaban J connectivity index is 0.000000317. The Morgan fingerprint density at radius 3 is 2.23 bits per heavy atom. The highest BCUT2D eigenvalue weighted by atomic mass is 19.4. The molecule has 1 amide bonds. The molecule has 4 rings (SSSR count). The number of hydrogen-bond donors (Lipinski definition) is 3. The van der Waals surface area contributed by atoms with Gasteiger partial charge in [-0.05, 0) is 17.7 Å². The van der Waals surface area contributed by atoms with Crippen LogP contribution in [0.5, 0.6) is 0 Å². The van der Waals surface area contributed by atoms with Crippen molar-refractivity contribution in [3.05, 3.63) is 54.2 Å². The quantitative estimate of drug-likeness (QED) is 0.448. The number of carboxylic acid groups (broad SMARTS) is 2. The Morgan fingerprint density at radius 1 is 1.08 bits per heavy atom. The van der Waals surface area contributed by atoms with Crippen LogP contribution >= 0.6 is 0 Å². The maximum Gasteiger partial charge on any atom is 0.490 e. The van der Waals surface area contributed by atoms with Gasteiger partial charge in [0.2, 0.25) is 5.91 Å². The van der Waals surface area contributed by atoms with Crippen molar-refractivity contribution in [1.82, 2.24) is 15.2 Å². The number of aliphatic carboxylic acids is 2. The molecule has 16 heteroatoms. The molecule has 216 valence electrons. The molecule has 0 bridgehead atoms. The van der Waals surface area contributed by atoms with Crippen molar-refractivity contribution in [2.45, 2.75) is 31.9 Å². The van der Waals surface area contributed by atoms with Crippen molar-refractivity contribution in [3.63, 3.8) is 0 Å². The Bertz CT molecular complexity index is 1060. The van der Waals surface area contributed by atoms with E-state index in [1.165, 1.54) is 5.56 Å². The minimum Gasteiger partial charge on any atom is -0.475 e. The number of amides is 1. The van der Waals surface area contributed by atoms with Crippen LogP contribution in [0.2, 0.25) is 0 Å². The molecule has 0 aliphatic carbocycles. The molecule has 0 unspecified atom stereocenters. The minimum absolute atomic E-state index is 0.0667. The van der Waals surface area contributed by atoms with Gasteiger partial charge in [0.05, 0.1) is 25.7 Å². The summed E-state index contributed by atoms with van der Waals surface area (Å²) in [5.74, 6) is -5.01. The van der Waals surface area contributed by atoms with Crippen molar-refractivity contribution in [3.8, 4) is 0 Å². The summed E-state index contributed by atoms with van der Waals surface area (Å²) in [5.41, 5.74) is 2.13. The second-order valence-corrected chi connectivity index (χ2v) is 8.80. The highest BCUT2D eigenvalue weighted by Gasteiger charge is 2.51. The van der Waals surface area contributed by atoms with Crippen molar-refractivity contribution in [2.75, 3.05) is 26.3 Å². The molecule has 2 aliphatic heterocycles. The fourth-order valence-electron chi connectivity index (χ4n) is 4.04. The van der Waals surface area contributed by atoms with Crippen LogP contribution in [-0.4, -0.2) is 76.6 Å². The van der Waals surface area contributed by atoms with Crippen LogP contribution in [0, 0.1) is 11.3 Å². The summed E-state index contributed by atoms with van der Waals surface area (Å²) in [7, 11) is 0. The lowest BCUT2D eigenvalue weighted by Crippen LogP contribution is -2.37. The van der Waals surface area contributed by atoms with Crippen LogP contribution in [0.4, 0.5) is 26.3 Å². The second-order valence-electron chi connectivity index (χ2n) is 8.80. The standard InChI is InChI=1S/C19H23N3O3.2C2HF3O2/c23-18(21-8-15-2-1-4-20-7-15)6-19-13-22(9-16-3-5-24-11-16)10-17(19)12-25-14-19;2*3-2(4,5)1(6)7/h1-5,7,11,17H,6,8-10,12-14H2,(H,21,23);2*(H,6,7)/t17-,19+;;/m1../s1. The maximum atomic E-state index is 12.5. The van der Waals surface area contributed by atoms with Gasteiger partial charge in [-0.1, -0.05) is 6.07 Å². The molecule has 39 heavy (non-hydrogen) atoms. The van der Waals surface area contributed by atoms with E-state index in [1.54, 1.807) is 24.9 Å². The summed E-state index contributed by atoms with van der Waals surface area (Å²) in [5, 5.41) is 17.3. The van der Waals surface area contributed by atoms with E-state index in [0.717, 1.165) is 31.8 Å². The summed E-state index contributed by atoms with van der Waals surface area (Å²) in [4.78, 5) is 36.8. The molecule has 0 radical (unpaired) electrons. The average Bonchev–Trinajstić information content (AvgIpc) is 3.55. The Kier molecular flexibility index (Phi) is 10.9. The molecular weight excluding hydrogens is 544 g/mol. The summed E-state index contributed by atoms with van der Waals surface area (Å²) in [6.45, 7) is 4.67. The van der Waals surface area contributed by atoms with Gasteiger partial charge in [0, 0.05) is 61.9 Å². The highest BCUT2D eigenvalue weighted by Crippen LogP contribution is 2.44. The third-order valence-electron chi connectivity index (χ3n) is 5.79. The molecule has 0 saturated carbocycles. The smallest absolute Gasteiger partial charge is 0.475 e. The van der Waals surface area contributed by atoms with Crippen molar-refractivity contribution >= 4 is 17.8 Å². The number of nitrogens with one attached hydrogen (secondary N) is 1. The highest BCUT2D eigenvalue weighted by molar-refractivity contribution is 5.77. The Hall–Kier alpha value is -3.66. The lowest BCUT2D eigenvalue weighted by Gasteiger charge is -2.26. The fourth-order valence-corrected chi connectivity index (χ4v) is 4.04. The Morgan fingerprint density at radius 2 is 1.72 bits per heavy atom. The van der Waals surface area contributed by atoms with E-state index in [4.69, 9.17) is 29.0 Å². The van der Waals surface area contributed by atoms with Crippen LogP contribution in [0.25, 0.3) is 0 Å². The van der Waals surface area contributed by atoms with Gasteiger partial charge >= 0.3 is 24.3 Å². The Labute approximate surface area is 217 Å². The zero-order valence-corrected chi connectivity index (χ0v) is 20.2. The SMILES string of the molecule is O=C(C[C@]12COC[C@H]1CN(Cc1ccoc1)C2)NCc1cccnc1.O=C(O)C(F)(F)F.O=C(O)C(F)(F)F. The summed E-state index contributed by atoms with van der Waals surface area (Å²) in [6.07, 6.45) is -2.64. The zero-order chi connectivity index (χ0) is 29.3. The first kappa shape index (κ1) is 31.6. The van der Waals surface area contributed by atoms with E-state index >= 15 is 0 Å². The molecule has 4 heterocycles. The van der Waals surface area contributed by atoms with Crippen molar-refractivity contribution < 1.29 is 60.1 Å². The van der Waals surface area contributed by atoms with Crippen LogP contribution in [0.15, 0.2) is 47.5 Å². The number of halogens is 6. The van der Waals surface area contributed by atoms with E-state index < -0.39 is 24.3 Å². The first-order chi connectivity index (χ1) is 18.1. The number of fused-ring (bicyclic) bond motifs is 1. The summed E-state index contributed by atoms with van der Waals surface area (Å²) in [6, 6.07) is 5.85. The van der Waals surface area contributed by atoms with Gasteiger partial charge in [-0.3, -0.25) is 14.7 Å². The number of aromatic nitrogens is 1. The van der Waals surface area contributed by atoms with Gasteiger partial charge in [-0.25, -0.2) is 9.59 Å². The monoisotopic (exact) mass is 569 g/mol. The number of alkyl halides is 6.